The molecule has 0 aliphatic carbocycles. The summed E-state index contributed by atoms with van der Waals surface area (Å²) in [5.74, 6) is 0.420. The Labute approximate surface area is 50.4 Å². The zero-order valence-electron chi connectivity index (χ0n) is 4.36. The van der Waals surface area contributed by atoms with Crippen LogP contribution in [0.4, 0.5) is 8.78 Å². The lowest BCUT2D eigenvalue weighted by molar-refractivity contribution is -0.120. The molecule has 0 rings (SSSR count). The maximum Gasteiger partial charge on any atom is 0.306 e. The predicted molar refractivity (Wildman–Crippen MR) is 29.1 cm³/mol. The number of carbonyl (C=O) groups is 1. The lowest BCUT2D eigenvalue weighted by atomic mass is 10.8. The van der Waals surface area contributed by atoms with E-state index in [-0.39, 0.29) is 0 Å². The average molecular weight is 140 g/mol. The summed E-state index contributed by atoms with van der Waals surface area (Å²) in [7, 11) is 0. The Morgan fingerprint density at radius 1 is 1.75 bits per heavy atom. The Bertz CT molecular complexity index is 84.1. The number of hydrogen-bond donors (Lipinski definition) is 0. The minimum absolute atomic E-state index is 0.420. The Morgan fingerprint density at radius 2 is 2.25 bits per heavy atom. The van der Waals surface area contributed by atoms with Crippen molar-refractivity contribution in [1.29, 1.82) is 0 Å². The molecule has 0 fully saturated rings. The van der Waals surface area contributed by atoms with E-state index in [4.69, 9.17) is 0 Å². The minimum Gasteiger partial charge on any atom is -0.281 e. The number of hydrogen-bond acceptors (Lipinski definition) is 2. The fraction of sp³-hybridized carbons (Fsp3) is 0.750. The molecule has 0 spiro atoms. The van der Waals surface area contributed by atoms with E-state index in [1.807, 2.05) is 0 Å². The van der Waals surface area contributed by atoms with Gasteiger partial charge in [-0.1, -0.05) is 18.7 Å². The third-order valence-corrected chi connectivity index (χ3v) is 1.22. The molecule has 0 aromatic rings. The largest absolute Gasteiger partial charge is 0.306 e. The number of rotatable bonds is 2. The van der Waals surface area contributed by atoms with Gasteiger partial charge in [0.1, 0.15) is 0 Å². The quantitative estimate of drug-likeness (QED) is 0.578. The molecule has 0 heterocycles. The summed E-state index contributed by atoms with van der Waals surface area (Å²) in [5, 5.41) is -1.03. The van der Waals surface area contributed by atoms with Crippen LogP contribution < -0.4 is 0 Å². The number of halogens is 2. The Morgan fingerprint density at radius 3 is 2.38 bits per heavy atom. The van der Waals surface area contributed by atoms with Gasteiger partial charge in [-0.2, -0.15) is 0 Å². The van der Waals surface area contributed by atoms with E-state index in [1.165, 1.54) is 0 Å². The second-order valence-corrected chi connectivity index (χ2v) is 2.32. The first-order chi connectivity index (χ1) is 3.68. The zero-order valence-corrected chi connectivity index (χ0v) is 5.17. The van der Waals surface area contributed by atoms with E-state index >= 15 is 0 Å². The molecule has 0 aliphatic heterocycles. The summed E-state index contributed by atoms with van der Waals surface area (Å²) in [6.07, 6.45) is -2.81. The Hall–Kier alpha value is -0.120. The van der Waals surface area contributed by atoms with Gasteiger partial charge in [0.2, 0.25) is 0 Å². The molecule has 4 heteroatoms. The average Bonchev–Trinajstić information content (AvgIpc) is 1.67. The van der Waals surface area contributed by atoms with Gasteiger partial charge in [0.15, 0.2) is 0 Å². The summed E-state index contributed by atoms with van der Waals surface area (Å²) in [6.45, 7) is 1.66. The maximum atomic E-state index is 11.2. The SMILES string of the molecule is CCSC(=O)C(F)F. The summed E-state index contributed by atoms with van der Waals surface area (Å²) < 4.78 is 22.5. The molecular weight excluding hydrogens is 134 g/mol. The highest BCUT2D eigenvalue weighted by molar-refractivity contribution is 8.13. The fourth-order valence-corrected chi connectivity index (χ4v) is 0.616. The van der Waals surface area contributed by atoms with Crippen LogP contribution >= 0.6 is 11.8 Å². The van der Waals surface area contributed by atoms with Crippen LogP contribution in [0.15, 0.2) is 0 Å². The topological polar surface area (TPSA) is 17.1 Å². The minimum atomic E-state index is -2.81. The van der Waals surface area contributed by atoms with Gasteiger partial charge in [-0.15, -0.1) is 0 Å². The molecule has 0 aromatic heterocycles. The van der Waals surface area contributed by atoms with E-state index < -0.39 is 11.5 Å². The van der Waals surface area contributed by atoms with Crippen LogP contribution in [-0.2, 0) is 4.79 Å². The van der Waals surface area contributed by atoms with Crippen molar-refractivity contribution in [3.8, 4) is 0 Å². The molecule has 0 radical (unpaired) electrons. The monoisotopic (exact) mass is 140 g/mol. The molecule has 0 bridgehead atoms. The highest BCUT2D eigenvalue weighted by atomic mass is 32.2. The molecule has 8 heavy (non-hydrogen) atoms. The van der Waals surface area contributed by atoms with E-state index in [9.17, 15) is 13.6 Å². The van der Waals surface area contributed by atoms with Gasteiger partial charge in [0.05, 0.1) is 0 Å². The van der Waals surface area contributed by atoms with E-state index in [0.29, 0.717) is 17.5 Å². The van der Waals surface area contributed by atoms with E-state index in [2.05, 4.69) is 0 Å². The molecule has 0 N–H and O–H groups in total. The van der Waals surface area contributed by atoms with E-state index in [0.717, 1.165) is 0 Å². The lowest BCUT2D eigenvalue weighted by Gasteiger charge is -1.91. The van der Waals surface area contributed by atoms with Crippen LogP contribution in [0.25, 0.3) is 0 Å². The van der Waals surface area contributed by atoms with Crippen molar-refractivity contribution in [3.05, 3.63) is 0 Å². The van der Waals surface area contributed by atoms with Crippen molar-refractivity contribution in [2.75, 3.05) is 5.75 Å². The lowest BCUT2D eigenvalue weighted by Crippen LogP contribution is -2.04. The summed E-state index contributed by atoms with van der Waals surface area (Å²) in [4.78, 5) is 9.96. The molecule has 0 saturated carbocycles. The first-order valence-corrected chi connectivity index (χ1v) is 3.11. The number of carbonyl (C=O) groups excluding carboxylic acids is 1. The van der Waals surface area contributed by atoms with Crippen molar-refractivity contribution in [2.45, 2.75) is 13.3 Å². The van der Waals surface area contributed by atoms with Gasteiger partial charge >= 0.3 is 6.43 Å². The summed E-state index contributed by atoms with van der Waals surface area (Å²) in [6, 6.07) is 0. The third kappa shape index (κ3) is 2.96. The Balaban J connectivity index is 3.33. The summed E-state index contributed by atoms with van der Waals surface area (Å²) in [5.41, 5.74) is 0. The van der Waals surface area contributed by atoms with Crippen molar-refractivity contribution in [3.63, 3.8) is 0 Å². The number of thioether (sulfide) groups is 1. The van der Waals surface area contributed by atoms with Crippen molar-refractivity contribution in [1.82, 2.24) is 0 Å². The van der Waals surface area contributed by atoms with Crippen LogP contribution in [-0.4, -0.2) is 17.3 Å². The second kappa shape index (κ2) is 3.83. The molecule has 48 valence electrons. The summed E-state index contributed by atoms with van der Waals surface area (Å²) >= 11 is 0.650. The van der Waals surface area contributed by atoms with Crippen LogP contribution in [0, 0.1) is 0 Å². The third-order valence-electron chi connectivity index (χ3n) is 0.465. The first-order valence-electron chi connectivity index (χ1n) is 2.13. The van der Waals surface area contributed by atoms with Crippen LogP contribution in [0.5, 0.6) is 0 Å². The molecule has 0 aliphatic rings. The van der Waals surface area contributed by atoms with Crippen LogP contribution in [0.3, 0.4) is 0 Å². The van der Waals surface area contributed by atoms with Gasteiger partial charge in [-0.3, -0.25) is 4.79 Å². The van der Waals surface area contributed by atoms with Crippen LogP contribution in [0.1, 0.15) is 6.92 Å². The first kappa shape index (κ1) is 7.88. The predicted octanol–water partition coefficient (Wildman–Crippen LogP) is 1.53. The van der Waals surface area contributed by atoms with Gasteiger partial charge in [0, 0.05) is 0 Å². The molecular formula is C4H6F2OS. The smallest absolute Gasteiger partial charge is 0.281 e. The van der Waals surface area contributed by atoms with Gasteiger partial charge in [0.25, 0.3) is 5.12 Å². The molecule has 1 nitrogen and oxygen atoms in total. The number of alkyl halides is 2. The highest BCUT2D eigenvalue weighted by Crippen LogP contribution is 2.07. The molecule has 0 aromatic carbocycles. The van der Waals surface area contributed by atoms with Gasteiger partial charge in [-0.25, -0.2) is 8.78 Å². The standard InChI is InChI=1S/C4H6F2OS/c1-2-8-4(7)3(5)6/h3H,2H2,1H3. The molecule has 0 saturated heterocycles. The van der Waals surface area contributed by atoms with Gasteiger partial charge in [-0.05, 0) is 5.75 Å². The fourth-order valence-electron chi connectivity index (χ4n) is 0.205. The van der Waals surface area contributed by atoms with Crippen LogP contribution in [0.2, 0.25) is 0 Å². The maximum absolute atomic E-state index is 11.2. The second-order valence-electron chi connectivity index (χ2n) is 1.05. The van der Waals surface area contributed by atoms with Crippen molar-refractivity contribution >= 4 is 16.9 Å². The Kier molecular flexibility index (Phi) is 3.77. The van der Waals surface area contributed by atoms with Crippen molar-refractivity contribution in [2.24, 2.45) is 0 Å². The van der Waals surface area contributed by atoms with Gasteiger partial charge < -0.3 is 0 Å². The normalized spacial score (nSPS) is 10.0. The molecule has 0 amide bonds. The van der Waals surface area contributed by atoms with Crippen molar-refractivity contribution < 1.29 is 13.6 Å². The highest BCUT2D eigenvalue weighted by Gasteiger charge is 2.13. The van der Waals surface area contributed by atoms with E-state index in [1.54, 1.807) is 6.92 Å². The molecule has 0 atom stereocenters. The molecule has 0 unspecified atom stereocenters. The zero-order chi connectivity index (χ0) is 6.57.